The maximum Gasteiger partial charge on any atom is 0.220 e. The Hall–Kier alpha value is -0.940. The van der Waals surface area contributed by atoms with Crippen LogP contribution in [0.25, 0.3) is 0 Å². The number of rotatable bonds is 5. The molecule has 0 aliphatic rings. The number of hydrogen-bond acceptors (Lipinski definition) is 4. The second-order valence-corrected chi connectivity index (χ2v) is 3.61. The Balaban J connectivity index is 2.15. The molecule has 13 heavy (non-hydrogen) atoms. The standard InChI is InChI=1S/C8H13N3OS/c9-3-1-2-8(12)11-5-7-4-10-6-13-7/h4,6H,1-3,5,9H2,(H,11,12). The van der Waals surface area contributed by atoms with Crippen molar-refractivity contribution >= 4 is 17.2 Å². The summed E-state index contributed by atoms with van der Waals surface area (Å²) in [6.45, 7) is 1.14. The van der Waals surface area contributed by atoms with E-state index in [2.05, 4.69) is 10.3 Å². The lowest BCUT2D eigenvalue weighted by molar-refractivity contribution is -0.121. The van der Waals surface area contributed by atoms with E-state index in [-0.39, 0.29) is 5.91 Å². The van der Waals surface area contributed by atoms with Crippen LogP contribution in [-0.2, 0) is 11.3 Å². The Bertz CT molecular complexity index is 248. The third kappa shape index (κ3) is 4.00. The molecular weight excluding hydrogens is 186 g/mol. The first-order valence-corrected chi connectivity index (χ1v) is 5.05. The number of carbonyl (C=O) groups is 1. The molecule has 0 saturated heterocycles. The maximum absolute atomic E-state index is 11.1. The average Bonchev–Trinajstić information content (AvgIpc) is 2.64. The molecule has 4 nitrogen and oxygen atoms in total. The number of carbonyl (C=O) groups excluding carboxylic acids is 1. The van der Waals surface area contributed by atoms with Crippen LogP contribution in [0.1, 0.15) is 17.7 Å². The van der Waals surface area contributed by atoms with E-state index in [9.17, 15) is 4.79 Å². The summed E-state index contributed by atoms with van der Waals surface area (Å²) >= 11 is 1.54. The fraction of sp³-hybridized carbons (Fsp3) is 0.500. The van der Waals surface area contributed by atoms with E-state index >= 15 is 0 Å². The second kappa shape index (κ2) is 5.66. The smallest absolute Gasteiger partial charge is 0.220 e. The van der Waals surface area contributed by atoms with Gasteiger partial charge in [0, 0.05) is 17.5 Å². The molecule has 1 amide bonds. The van der Waals surface area contributed by atoms with Crippen LogP contribution in [0.15, 0.2) is 11.7 Å². The van der Waals surface area contributed by atoms with Gasteiger partial charge in [0.1, 0.15) is 0 Å². The first-order chi connectivity index (χ1) is 6.33. The Morgan fingerprint density at radius 1 is 1.69 bits per heavy atom. The van der Waals surface area contributed by atoms with Crippen molar-refractivity contribution in [1.29, 1.82) is 0 Å². The molecule has 0 atom stereocenters. The third-order valence-corrected chi connectivity index (χ3v) is 2.33. The minimum Gasteiger partial charge on any atom is -0.351 e. The van der Waals surface area contributed by atoms with Gasteiger partial charge < -0.3 is 11.1 Å². The van der Waals surface area contributed by atoms with Gasteiger partial charge in [-0.15, -0.1) is 11.3 Å². The van der Waals surface area contributed by atoms with Crippen LogP contribution < -0.4 is 11.1 Å². The van der Waals surface area contributed by atoms with Gasteiger partial charge in [-0.1, -0.05) is 0 Å². The van der Waals surface area contributed by atoms with Gasteiger partial charge in [-0.2, -0.15) is 0 Å². The summed E-state index contributed by atoms with van der Waals surface area (Å²) in [4.78, 5) is 16.1. The van der Waals surface area contributed by atoms with Gasteiger partial charge in [0.15, 0.2) is 0 Å². The van der Waals surface area contributed by atoms with Crippen LogP contribution >= 0.6 is 11.3 Å². The lowest BCUT2D eigenvalue weighted by atomic mass is 10.3. The fourth-order valence-corrected chi connectivity index (χ4v) is 1.40. The quantitative estimate of drug-likeness (QED) is 0.725. The molecule has 0 spiro atoms. The minimum absolute atomic E-state index is 0.0545. The van der Waals surface area contributed by atoms with E-state index in [4.69, 9.17) is 5.73 Å². The molecule has 1 aromatic heterocycles. The second-order valence-electron chi connectivity index (χ2n) is 2.64. The highest BCUT2D eigenvalue weighted by Gasteiger charge is 2.00. The summed E-state index contributed by atoms with van der Waals surface area (Å²) < 4.78 is 0. The molecular formula is C8H13N3OS. The van der Waals surface area contributed by atoms with E-state index in [0.717, 1.165) is 11.3 Å². The van der Waals surface area contributed by atoms with Crippen molar-refractivity contribution in [2.75, 3.05) is 6.54 Å². The molecule has 3 N–H and O–H groups in total. The van der Waals surface area contributed by atoms with Crippen molar-refractivity contribution in [1.82, 2.24) is 10.3 Å². The molecule has 0 bridgehead atoms. The molecule has 0 fully saturated rings. The Kier molecular flexibility index (Phi) is 4.42. The highest BCUT2D eigenvalue weighted by molar-refractivity contribution is 7.09. The van der Waals surface area contributed by atoms with Gasteiger partial charge in [-0.3, -0.25) is 9.78 Å². The predicted octanol–water partition coefficient (Wildman–Crippen LogP) is 0.498. The van der Waals surface area contributed by atoms with Crippen LogP contribution in [-0.4, -0.2) is 17.4 Å². The number of nitrogens with two attached hydrogens (primary N) is 1. The fourth-order valence-electron chi connectivity index (χ4n) is 0.866. The Morgan fingerprint density at radius 2 is 2.54 bits per heavy atom. The summed E-state index contributed by atoms with van der Waals surface area (Å²) in [6.07, 6.45) is 3.01. The summed E-state index contributed by atoms with van der Waals surface area (Å²) in [5.41, 5.74) is 7.03. The molecule has 1 aromatic rings. The first kappa shape index (κ1) is 10.1. The van der Waals surface area contributed by atoms with Crippen molar-refractivity contribution in [3.05, 3.63) is 16.6 Å². The largest absolute Gasteiger partial charge is 0.351 e. The summed E-state index contributed by atoms with van der Waals surface area (Å²) in [5.74, 6) is 0.0545. The summed E-state index contributed by atoms with van der Waals surface area (Å²) in [6, 6.07) is 0. The number of hydrogen-bond donors (Lipinski definition) is 2. The normalized spacial score (nSPS) is 9.92. The van der Waals surface area contributed by atoms with E-state index in [1.807, 2.05) is 0 Å². The molecule has 0 radical (unpaired) electrons. The van der Waals surface area contributed by atoms with Gasteiger partial charge in [-0.25, -0.2) is 0 Å². The van der Waals surface area contributed by atoms with Crippen LogP contribution in [0.3, 0.4) is 0 Å². The van der Waals surface area contributed by atoms with Crippen molar-refractivity contribution in [2.45, 2.75) is 19.4 Å². The van der Waals surface area contributed by atoms with E-state index in [0.29, 0.717) is 19.5 Å². The zero-order chi connectivity index (χ0) is 9.52. The minimum atomic E-state index is 0.0545. The summed E-state index contributed by atoms with van der Waals surface area (Å²) in [5, 5.41) is 2.80. The Morgan fingerprint density at radius 3 is 3.15 bits per heavy atom. The SMILES string of the molecule is NCCCC(=O)NCc1cncs1. The van der Waals surface area contributed by atoms with Gasteiger partial charge in [0.05, 0.1) is 12.1 Å². The zero-order valence-electron chi connectivity index (χ0n) is 7.32. The van der Waals surface area contributed by atoms with E-state index in [1.54, 1.807) is 11.7 Å². The first-order valence-electron chi connectivity index (χ1n) is 4.17. The van der Waals surface area contributed by atoms with Crippen molar-refractivity contribution in [3.63, 3.8) is 0 Å². The van der Waals surface area contributed by atoms with Gasteiger partial charge >= 0.3 is 0 Å². The monoisotopic (exact) mass is 199 g/mol. The number of amides is 1. The lowest BCUT2D eigenvalue weighted by Crippen LogP contribution is -2.22. The van der Waals surface area contributed by atoms with Gasteiger partial charge in [0.2, 0.25) is 5.91 Å². The van der Waals surface area contributed by atoms with Gasteiger partial charge in [0.25, 0.3) is 0 Å². The predicted molar refractivity (Wildman–Crippen MR) is 52.2 cm³/mol. The van der Waals surface area contributed by atoms with Crippen molar-refractivity contribution < 1.29 is 4.79 Å². The molecule has 5 heteroatoms. The van der Waals surface area contributed by atoms with Crippen LogP contribution in [0.5, 0.6) is 0 Å². The zero-order valence-corrected chi connectivity index (χ0v) is 8.14. The molecule has 0 aliphatic carbocycles. The highest BCUT2D eigenvalue weighted by atomic mass is 32.1. The number of aromatic nitrogens is 1. The number of nitrogens with zero attached hydrogens (tertiary/aromatic N) is 1. The van der Waals surface area contributed by atoms with Crippen LogP contribution in [0, 0.1) is 0 Å². The van der Waals surface area contributed by atoms with Crippen LogP contribution in [0.2, 0.25) is 0 Å². The Labute approximate surface area is 81.2 Å². The van der Waals surface area contributed by atoms with Crippen molar-refractivity contribution in [3.8, 4) is 0 Å². The average molecular weight is 199 g/mol. The molecule has 0 aromatic carbocycles. The van der Waals surface area contributed by atoms with E-state index in [1.165, 1.54) is 11.3 Å². The molecule has 0 aliphatic heterocycles. The highest BCUT2D eigenvalue weighted by Crippen LogP contribution is 2.04. The van der Waals surface area contributed by atoms with Crippen LogP contribution in [0.4, 0.5) is 0 Å². The number of thiazole rings is 1. The summed E-state index contributed by atoms with van der Waals surface area (Å²) in [7, 11) is 0. The van der Waals surface area contributed by atoms with Crippen molar-refractivity contribution in [2.24, 2.45) is 5.73 Å². The lowest BCUT2D eigenvalue weighted by Gasteiger charge is -2.01. The molecule has 0 unspecified atom stereocenters. The number of nitrogens with one attached hydrogen (secondary N) is 1. The van der Waals surface area contributed by atoms with Gasteiger partial charge in [-0.05, 0) is 13.0 Å². The topological polar surface area (TPSA) is 68.0 Å². The molecule has 72 valence electrons. The molecule has 1 rings (SSSR count). The molecule has 1 heterocycles. The maximum atomic E-state index is 11.1. The third-order valence-electron chi connectivity index (χ3n) is 1.55. The molecule has 0 saturated carbocycles. The van der Waals surface area contributed by atoms with E-state index < -0.39 is 0 Å².